The highest BCUT2D eigenvalue weighted by atomic mass is 32.1. The Kier molecular flexibility index (Phi) is 6.45. The van der Waals surface area contributed by atoms with E-state index in [0.29, 0.717) is 6.04 Å². The van der Waals surface area contributed by atoms with Gasteiger partial charge in [-0.05, 0) is 39.9 Å². The van der Waals surface area contributed by atoms with Crippen LogP contribution in [0.2, 0.25) is 0 Å². The average Bonchev–Trinajstić information content (AvgIpc) is 3.03. The summed E-state index contributed by atoms with van der Waals surface area (Å²) in [5, 5.41) is 4.70. The van der Waals surface area contributed by atoms with Crippen molar-refractivity contribution in [2.45, 2.75) is 52.1 Å². The Morgan fingerprint density at radius 1 is 1.38 bits per heavy atom. The van der Waals surface area contributed by atoms with Crippen LogP contribution in [-0.2, 0) is 13.0 Å². The van der Waals surface area contributed by atoms with Crippen molar-refractivity contribution in [1.29, 1.82) is 0 Å². The predicted molar refractivity (Wildman–Crippen MR) is 92.4 cm³/mol. The van der Waals surface area contributed by atoms with Gasteiger partial charge in [0.15, 0.2) is 5.13 Å². The number of aryl methyl sites for hydroxylation is 1. The molecule has 21 heavy (non-hydrogen) atoms. The molecule has 0 saturated carbocycles. The van der Waals surface area contributed by atoms with Crippen molar-refractivity contribution in [3.63, 3.8) is 0 Å². The van der Waals surface area contributed by atoms with Gasteiger partial charge in [0, 0.05) is 30.6 Å². The zero-order chi connectivity index (χ0) is 15.2. The highest BCUT2D eigenvalue weighted by molar-refractivity contribution is 7.15. The van der Waals surface area contributed by atoms with Crippen molar-refractivity contribution in [3.8, 4) is 0 Å². The Morgan fingerprint density at radius 2 is 2.19 bits per heavy atom. The molecule has 1 atom stereocenters. The van der Waals surface area contributed by atoms with E-state index in [0.717, 1.165) is 32.6 Å². The third kappa shape index (κ3) is 4.41. The first-order valence-electron chi connectivity index (χ1n) is 8.26. The van der Waals surface area contributed by atoms with Crippen LogP contribution in [0.25, 0.3) is 0 Å². The minimum Gasteiger partial charge on any atom is -0.344 e. The maximum Gasteiger partial charge on any atom is 0.186 e. The lowest BCUT2D eigenvalue weighted by atomic mass is 10.2. The van der Waals surface area contributed by atoms with E-state index >= 15 is 0 Å². The molecule has 1 aromatic heterocycles. The summed E-state index contributed by atoms with van der Waals surface area (Å²) >= 11 is 1.90. The quantitative estimate of drug-likeness (QED) is 0.800. The van der Waals surface area contributed by atoms with Crippen molar-refractivity contribution < 1.29 is 0 Å². The molecule has 1 fully saturated rings. The second kappa shape index (κ2) is 8.11. The molecule has 1 N–H and O–H groups in total. The molecule has 5 heteroatoms. The number of aromatic nitrogens is 1. The molecule has 2 heterocycles. The van der Waals surface area contributed by atoms with Crippen LogP contribution >= 0.6 is 11.3 Å². The van der Waals surface area contributed by atoms with Crippen LogP contribution < -0.4 is 10.2 Å². The molecule has 2 rings (SSSR count). The number of nitrogens with zero attached hydrogens (tertiary/aromatic N) is 3. The van der Waals surface area contributed by atoms with Crippen LogP contribution in [0.1, 0.15) is 43.7 Å². The van der Waals surface area contributed by atoms with Crippen LogP contribution in [0, 0.1) is 0 Å². The van der Waals surface area contributed by atoms with E-state index in [1.54, 1.807) is 0 Å². The molecular formula is C16H30N4S. The SMILES string of the molecule is CCCc1nc(N2CCCC2CN(C)C)sc1CNCC. The first-order chi connectivity index (χ1) is 10.2. The molecule has 0 amide bonds. The first-order valence-corrected chi connectivity index (χ1v) is 9.08. The normalized spacial score (nSPS) is 18.9. The van der Waals surface area contributed by atoms with Gasteiger partial charge in [0.05, 0.1) is 5.69 Å². The molecule has 4 nitrogen and oxygen atoms in total. The lowest BCUT2D eigenvalue weighted by molar-refractivity contribution is 0.372. The van der Waals surface area contributed by atoms with Crippen molar-refractivity contribution in [2.24, 2.45) is 0 Å². The lowest BCUT2D eigenvalue weighted by Gasteiger charge is -2.26. The van der Waals surface area contributed by atoms with Crippen molar-refractivity contribution in [3.05, 3.63) is 10.6 Å². The Morgan fingerprint density at radius 3 is 2.86 bits per heavy atom. The van der Waals surface area contributed by atoms with Gasteiger partial charge in [-0.1, -0.05) is 20.3 Å². The van der Waals surface area contributed by atoms with Gasteiger partial charge in [-0.2, -0.15) is 0 Å². The smallest absolute Gasteiger partial charge is 0.186 e. The molecule has 1 aliphatic heterocycles. The highest BCUT2D eigenvalue weighted by Gasteiger charge is 2.28. The third-order valence-electron chi connectivity index (χ3n) is 3.99. The van der Waals surface area contributed by atoms with Gasteiger partial charge in [-0.3, -0.25) is 0 Å². The molecule has 0 aliphatic carbocycles. The zero-order valence-electron chi connectivity index (χ0n) is 14.0. The van der Waals surface area contributed by atoms with Gasteiger partial charge >= 0.3 is 0 Å². The van der Waals surface area contributed by atoms with Crippen molar-refractivity contribution in [1.82, 2.24) is 15.2 Å². The fraction of sp³-hybridized carbons (Fsp3) is 0.812. The second-order valence-corrected chi connectivity index (χ2v) is 7.21. The van der Waals surface area contributed by atoms with Crippen LogP contribution in [0.5, 0.6) is 0 Å². The number of likely N-dealkylation sites (N-methyl/N-ethyl adjacent to an activating group) is 1. The standard InChI is InChI=1S/C16H30N4S/c1-5-8-14-15(11-17-6-2)21-16(18-14)20-10-7-9-13(20)12-19(3)4/h13,17H,5-12H2,1-4H3. The summed E-state index contributed by atoms with van der Waals surface area (Å²) in [5.74, 6) is 0. The molecule has 1 saturated heterocycles. The Labute approximate surface area is 133 Å². The van der Waals surface area contributed by atoms with Crippen LogP contribution in [0.15, 0.2) is 0 Å². The van der Waals surface area contributed by atoms with E-state index in [-0.39, 0.29) is 0 Å². The van der Waals surface area contributed by atoms with E-state index in [9.17, 15) is 0 Å². The summed E-state index contributed by atoms with van der Waals surface area (Å²) in [7, 11) is 4.33. The first kappa shape index (κ1) is 16.7. The zero-order valence-corrected chi connectivity index (χ0v) is 14.8. The summed E-state index contributed by atoms with van der Waals surface area (Å²) in [6.45, 7) is 8.68. The number of anilines is 1. The fourth-order valence-electron chi connectivity index (χ4n) is 3.00. The van der Waals surface area contributed by atoms with E-state index < -0.39 is 0 Å². The average molecular weight is 311 g/mol. The summed E-state index contributed by atoms with van der Waals surface area (Å²) < 4.78 is 0. The van der Waals surface area contributed by atoms with E-state index in [1.165, 1.54) is 35.0 Å². The van der Waals surface area contributed by atoms with Gasteiger partial charge in [-0.15, -0.1) is 11.3 Å². The molecule has 1 aromatic rings. The Balaban J connectivity index is 2.14. The summed E-state index contributed by atoms with van der Waals surface area (Å²) in [4.78, 5) is 11.2. The molecule has 0 radical (unpaired) electrons. The molecule has 120 valence electrons. The van der Waals surface area contributed by atoms with Gasteiger partial charge in [0.2, 0.25) is 0 Å². The highest BCUT2D eigenvalue weighted by Crippen LogP contribution is 2.32. The largest absolute Gasteiger partial charge is 0.344 e. The monoisotopic (exact) mass is 310 g/mol. The van der Waals surface area contributed by atoms with Gasteiger partial charge in [-0.25, -0.2) is 4.98 Å². The number of hydrogen-bond donors (Lipinski definition) is 1. The number of nitrogens with one attached hydrogen (secondary N) is 1. The molecule has 1 aliphatic rings. The summed E-state index contributed by atoms with van der Waals surface area (Å²) in [6.07, 6.45) is 4.86. The minimum absolute atomic E-state index is 0.632. The van der Waals surface area contributed by atoms with Gasteiger partial charge < -0.3 is 15.1 Å². The number of thiazole rings is 1. The minimum atomic E-state index is 0.632. The predicted octanol–water partition coefficient (Wildman–Crippen LogP) is 2.74. The Hall–Kier alpha value is -0.650. The van der Waals surface area contributed by atoms with E-state index in [2.05, 4.69) is 43.1 Å². The second-order valence-electron chi connectivity index (χ2n) is 6.15. The number of hydrogen-bond acceptors (Lipinski definition) is 5. The molecule has 0 bridgehead atoms. The molecule has 1 unspecified atom stereocenters. The van der Waals surface area contributed by atoms with E-state index in [4.69, 9.17) is 4.98 Å². The van der Waals surface area contributed by atoms with Crippen molar-refractivity contribution >= 4 is 16.5 Å². The van der Waals surface area contributed by atoms with Gasteiger partial charge in [0.25, 0.3) is 0 Å². The molecule has 0 aromatic carbocycles. The van der Waals surface area contributed by atoms with E-state index in [1.807, 2.05) is 11.3 Å². The Bertz CT molecular complexity index is 430. The van der Waals surface area contributed by atoms with Crippen LogP contribution in [-0.4, -0.2) is 49.7 Å². The maximum absolute atomic E-state index is 4.98. The maximum atomic E-state index is 4.98. The third-order valence-corrected chi connectivity index (χ3v) is 5.12. The summed E-state index contributed by atoms with van der Waals surface area (Å²) in [6, 6.07) is 0.632. The number of rotatable bonds is 8. The van der Waals surface area contributed by atoms with Crippen LogP contribution in [0.4, 0.5) is 5.13 Å². The van der Waals surface area contributed by atoms with Crippen LogP contribution in [0.3, 0.4) is 0 Å². The summed E-state index contributed by atoms with van der Waals surface area (Å²) in [5.41, 5.74) is 1.31. The lowest BCUT2D eigenvalue weighted by Crippen LogP contribution is -2.37. The van der Waals surface area contributed by atoms with Crippen molar-refractivity contribution in [2.75, 3.05) is 38.6 Å². The van der Waals surface area contributed by atoms with Gasteiger partial charge in [0.1, 0.15) is 0 Å². The molecular weight excluding hydrogens is 280 g/mol. The topological polar surface area (TPSA) is 31.4 Å². The molecule has 0 spiro atoms. The fourth-order valence-corrected chi connectivity index (χ4v) is 4.17.